The SMILES string of the molecule is CCC(C)C(NC(=O)CNC(=O)COc1ccc2c(-c3ccccc3)cc(=O)oc2c1C)C(=O)O. The van der Waals surface area contributed by atoms with Gasteiger partial charge >= 0.3 is 11.6 Å². The third kappa shape index (κ3) is 6.26. The third-order valence-electron chi connectivity index (χ3n) is 5.80. The second-order valence-electron chi connectivity index (χ2n) is 8.24. The van der Waals surface area contributed by atoms with Crippen LogP contribution in [0.3, 0.4) is 0 Å². The van der Waals surface area contributed by atoms with Crippen LogP contribution in [-0.2, 0) is 14.4 Å². The quantitative estimate of drug-likeness (QED) is 0.380. The van der Waals surface area contributed by atoms with Gasteiger partial charge in [0.15, 0.2) is 6.61 Å². The van der Waals surface area contributed by atoms with Gasteiger partial charge in [0.2, 0.25) is 5.91 Å². The van der Waals surface area contributed by atoms with E-state index in [0.717, 1.165) is 16.5 Å². The van der Waals surface area contributed by atoms with Gasteiger partial charge in [-0.2, -0.15) is 0 Å². The van der Waals surface area contributed by atoms with Crippen LogP contribution >= 0.6 is 0 Å². The highest BCUT2D eigenvalue weighted by Gasteiger charge is 2.25. The second kappa shape index (κ2) is 11.3. The molecule has 184 valence electrons. The van der Waals surface area contributed by atoms with Gasteiger partial charge in [-0.15, -0.1) is 0 Å². The van der Waals surface area contributed by atoms with Crippen LogP contribution in [0.2, 0.25) is 0 Å². The summed E-state index contributed by atoms with van der Waals surface area (Å²) >= 11 is 0. The van der Waals surface area contributed by atoms with Crippen molar-refractivity contribution in [3.8, 4) is 16.9 Å². The van der Waals surface area contributed by atoms with Gasteiger partial charge in [-0.3, -0.25) is 9.59 Å². The molecule has 2 unspecified atom stereocenters. The molecule has 0 fully saturated rings. The highest BCUT2D eigenvalue weighted by atomic mass is 16.5. The number of carboxylic acid groups (broad SMARTS) is 1. The Morgan fingerprint density at radius 2 is 1.80 bits per heavy atom. The van der Waals surface area contributed by atoms with Crippen LogP contribution in [-0.4, -0.2) is 42.1 Å². The number of hydrogen-bond donors (Lipinski definition) is 3. The number of ether oxygens (including phenoxy) is 1. The molecule has 3 N–H and O–H groups in total. The summed E-state index contributed by atoms with van der Waals surface area (Å²) in [6, 6.07) is 13.3. The first kappa shape index (κ1) is 25.5. The lowest BCUT2D eigenvalue weighted by atomic mass is 9.99. The van der Waals surface area contributed by atoms with E-state index in [2.05, 4.69) is 10.6 Å². The molecule has 0 bridgehead atoms. The molecule has 2 amide bonds. The molecule has 2 atom stereocenters. The fourth-order valence-electron chi connectivity index (χ4n) is 3.64. The van der Waals surface area contributed by atoms with E-state index in [1.807, 2.05) is 37.3 Å². The molecule has 3 aromatic rings. The average Bonchev–Trinajstić information content (AvgIpc) is 2.85. The summed E-state index contributed by atoms with van der Waals surface area (Å²) in [6.45, 7) is 4.52. The van der Waals surface area contributed by atoms with E-state index in [1.54, 1.807) is 26.0 Å². The van der Waals surface area contributed by atoms with Crippen molar-refractivity contribution >= 4 is 28.8 Å². The number of aliphatic carboxylic acids is 1. The minimum atomic E-state index is -1.13. The number of carbonyl (C=O) groups excluding carboxylic acids is 2. The molecule has 9 nitrogen and oxygen atoms in total. The first-order valence-electron chi connectivity index (χ1n) is 11.3. The zero-order valence-corrected chi connectivity index (χ0v) is 19.8. The first-order chi connectivity index (χ1) is 16.7. The van der Waals surface area contributed by atoms with Gasteiger partial charge < -0.3 is 24.9 Å². The molecular weight excluding hydrogens is 452 g/mol. The normalized spacial score (nSPS) is 12.5. The number of amides is 2. The smallest absolute Gasteiger partial charge is 0.336 e. The van der Waals surface area contributed by atoms with Crippen LogP contribution in [0.5, 0.6) is 5.75 Å². The van der Waals surface area contributed by atoms with E-state index in [-0.39, 0.29) is 19.1 Å². The van der Waals surface area contributed by atoms with Crippen LogP contribution in [0, 0.1) is 12.8 Å². The first-order valence-corrected chi connectivity index (χ1v) is 11.3. The number of fused-ring (bicyclic) bond motifs is 1. The van der Waals surface area contributed by atoms with Crippen LogP contribution in [0.1, 0.15) is 25.8 Å². The van der Waals surface area contributed by atoms with Crippen molar-refractivity contribution in [3.63, 3.8) is 0 Å². The molecule has 0 aliphatic heterocycles. The number of benzene rings is 2. The average molecular weight is 481 g/mol. The molecule has 0 radical (unpaired) electrons. The fraction of sp³-hybridized carbons (Fsp3) is 0.308. The predicted molar refractivity (Wildman–Crippen MR) is 130 cm³/mol. The van der Waals surface area contributed by atoms with Gasteiger partial charge in [0.25, 0.3) is 5.91 Å². The summed E-state index contributed by atoms with van der Waals surface area (Å²) in [5.41, 5.74) is 2.01. The van der Waals surface area contributed by atoms with Gasteiger partial charge in [-0.1, -0.05) is 50.6 Å². The predicted octanol–water partition coefficient (Wildman–Crippen LogP) is 2.88. The van der Waals surface area contributed by atoms with Crippen molar-refractivity contribution in [2.24, 2.45) is 5.92 Å². The number of aryl methyl sites for hydroxylation is 1. The largest absolute Gasteiger partial charge is 0.483 e. The number of nitrogens with one attached hydrogen (secondary N) is 2. The highest BCUT2D eigenvalue weighted by molar-refractivity contribution is 5.95. The third-order valence-corrected chi connectivity index (χ3v) is 5.80. The van der Waals surface area contributed by atoms with Crippen LogP contribution in [0.15, 0.2) is 57.7 Å². The Labute approximate surface area is 202 Å². The molecular formula is C26H28N2O7. The topological polar surface area (TPSA) is 135 Å². The number of carboxylic acids is 1. The molecule has 35 heavy (non-hydrogen) atoms. The molecule has 0 spiro atoms. The Hall–Kier alpha value is -4.14. The highest BCUT2D eigenvalue weighted by Crippen LogP contribution is 2.32. The molecule has 9 heteroatoms. The summed E-state index contributed by atoms with van der Waals surface area (Å²) in [5, 5.41) is 14.8. The zero-order valence-electron chi connectivity index (χ0n) is 19.8. The Bertz CT molecular complexity index is 1280. The van der Waals surface area contributed by atoms with E-state index in [1.165, 1.54) is 6.07 Å². The van der Waals surface area contributed by atoms with Crippen molar-refractivity contribution in [3.05, 3.63) is 64.5 Å². The minimum absolute atomic E-state index is 0.256. The van der Waals surface area contributed by atoms with Gasteiger partial charge in [0, 0.05) is 17.0 Å². The lowest BCUT2D eigenvalue weighted by Gasteiger charge is -2.20. The van der Waals surface area contributed by atoms with E-state index in [4.69, 9.17) is 9.15 Å². The zero-order chi connectivity index (χ0) is 25.5. The van der Waals surface area contributed by atoms with Crippen LogP contribution < -0.4 is 21.0 Å². The van der Waals surface area contributed by atoms with Crippen molar-refractivity contribution in [2.45, 2.75) is 33.2 Å². The van der Waals surface area contributed by atoms with Gasteiger partial charge in [0.05, 0.1) is 6.54 Å². The number of rotatable bonds is 10. The fourth-order valence-corrected chi connectivity index (χ4v) is 3.64. The Kier molecular flexibility index (Phi) is 8.25. The molecule has 2 aromatic carbocycles. The van der Waals surface area contributed by atoms with Gasteiger partial charge in [-0.05, 0) is 36.1 Å². The van der Waals surface area contributed by atoms with E-state index in [9.17, 15) is 24.3 Å². The maximum Gasteiger partial charge on any atom is 0.336 e. The maximum atomic E-state index is 12.2. The summed E-state index contributed by atoms with van der Waals surface area (Å²) in [5.74, 6) is -2.20. The lowest BCUT2D eigenvalue weighted by molar-refractivity contribution is -0.143. The molecule has 1 aromatic heterocycles. The van der Waals surface area contributed by atoms with E-state index < -0.39 is 29.5 Å². The summed E-state index contributed by atoms with van der Waals surface area (Å²) in [7, 11) is 0. The van der Waals surface area contributed by atoms with Crippen molar-refractivity contribution < 1.29 is 28.6 Å². The van der Waals surface area contributed by atoms with Gasteiger partial charge in [0.1, 0.15) is 17.4 Å². The van der Waals surface area contributed by atoms with Crippen LogP contribution in [0.4, 0.5) is 0 Å². The monoisotopic (exact) mass is 480 g/mol. The van der Waals surface area contributed by atoms with E-state index >= 15 is 0 Å². The molecule has 3 rings (SSSR count). The minimum Gasteiger partial charge on any atom is -0.483 e. The number of hydrogen-bond acceptors (Lipinski definition) is 6. The van der Waals surface area contributed by atoms with Crippen molar-refractivity contribution in [2.75, 3.05) is 13.2 Å². The molecule has 0 aliphatic rings. The Balaban J connectivity index is 1.66. The summed E-state index contributed by atoms with van der Waals surface area (Å²) in [4.78, 5) is 47.8. The second-order valence-corrected chi connectivity index (χ2v) is 8.24. The summed E-state index contributed by atoms with van der Waals surface area (Å²) in [6.07, 6.45) is 0.579. The molecule has 0 saturated carbocycles. The molecule has 0 saturated heterocycles. The summed E-state index contributed by atoms with van der Waals surface area (Å²) < 4.78 is 11.0. The van der Waals surface area contributed by atoms with Crippen LogP contribution in [0.25, 0.3) is 22.1 Å². The molecule has 0 aliphatic carbocycles. The standard InChI is InChI=1S/C26H28N2O7/c1-4-15(2)24(26(32)33)28-21(29)13-27-22(30)14-34-20-11-10-18-19(17-8-6-5-7-9-17)12-23(31)35-25(18)16(20)3/h5-12,15,24H,4,13-14H2,1-3H3,(H,27,30)(H,28,29)(H,32,33). The molecule has 1 heterocycles. The maximum absolute atomic E-state index is 12.2. The van der Waals surface area contributed by atoms with Gasteiger partial charge in [-0.25, -0.2) is 9.59 Å². The Morgan fingerprint density at radius 1 is 1.09 bits per heavy atom. The van der Waals surface area contributed by atoms with Crippen molar-refractivity contribution in [1.82, 2.24) is 10.6 Å². The number of carbonyl (C=O) groups is 3. The van der Waals surface area contributed by atoms with E-state index in [0.29, 0.717) is 23.3 Å². The lowest BCUT2D eigenvalue weighted by Crippen LogP contribution is -2.48. The Morgan fingerprint density at radius 3 is 2.46 bits per heavy atom. The van der Waals surface area contributed by atoms with Crippen molar-refractivity contribution in [1.29, 1.82) is 0 Å².